The third kappa shape index (κ3) is 4.04. The van der Waals surface area contributed by atoms with Gasteiger partial charge in [-0.2, -0.15) is 0 Å². The molecule has 2 N–H and O–H groups in total. The molecule has 0 aromatic heterocycles. The first-order valence-corrected chi connectivity index (χ1v) is 9.10. The van der Waals surface area contributed by atoms with Crippen molar-refractivity contribution >= 4 is 18.3 Å². The Balaban J connectivity index is 0.00000169. The van der Waals surface area contributed by atoms with Gasteiger partial charge in [0.2, 0.25) is 0 Å². The molecule has 1 aliphatic carbocycles. The highest BCUT2D eigenvalue weighted by Crippen LogP contribution is 2.27. The summed E-state index contributed by atoms with van der Waals surface area (Å²) in [5, 5.41) is 6.83. The third-order valence-electron chi connectivity index (χ3n) is 5.51. The Kier molecular flexibility index (Phi) is 5.67. The molecule has 4 nitrogen and oxygen atoms in total. The van der Waals surface area contributed by atoms with Crippen molar-refractivity contribution < 1.29 is 9.53 Å². The van der Waals surface area contributed by atoms with Crippen LogP contribution in [-0.2, 0) is 0 Å². The first-order chi connectivity index (χ1) is 11.3. The molecule has 0 spiro atoms. The van der Waals surface area contributed by atoms with E-state index in [-0.39, 0.29) is 18.3 Å². The smallest absolute Gasteiger partial charge is 0.251 e. The van der Waals surface area contributed by atoms with Gasteiger partial charge in [0.1, 0.15) is 5.75 Å². The van der Waals surface area contributed by atoms with Crippen LogP contribution in [-0.4, -0.2) is 30.1 Å². The van der Waals surface area contributed by atoms with E-state index >= 15 is 0 Å². The summed E-state index contributed by atoms with van der Waals surface area (Å²) in [6.07, 6.45) is 9.71. The van der Waals surface area contributed by atoms with Gasteiger partial charge < -0.3 is 15.4 Å². The first kappa shape index (κ1) is 17.6. The quantitative estimate of drug-likeness (QED) is 0.874. The minimum Gasteiger partial charge on any atom is -0.490 e. The molecule has 1 aromatic carbocycles. The fraction of sp³-hybridized carbons (Fsp3) is 0.632. The number of hydrogen-bond donors (Lipinski definition) is 2. The molecule has 2 aliphatic heterocycles. The van der Waals surface area contributed by atoms with E-state index in [1.807, 2.05) is 24.3 Å². The summed E-state index contributed by atoms with van der Waals surface area (Å²) in [6, 6.07) is 9.15. The molecule has 4 rings (SSSR count). The zero-order chi connectivity index (χ0) is 15.6. The second-order valence-corrected chi connectivity index (χ2v) is 7.33. The SMILES string of the molecule is Cl.O=C(NC1CC2CCC(C1)N2)c1cccc(OC2CCCC2)c1. The molecule has 3 aliphatic rings. The minimum atomic E-state index is 0. The number of fused-ring (bicyclic) bond motifs is 2. The largest absolute Gasteiger partial charge is 0.490 e. The van der Waals surface area contributed by atoms with Gasteiger partial charge in [0, 0.05) is 23.7 Å². The van der Waals surface area contributed by atoms with Crippen molar-refractivity contribution in [1.82, 2.24) is 10.6 Å². The van der Waals surface area contributed by atoms with Crippen molar-refractivity contribution in [2.45, 2.75) is 75.6 Å². The molecule has 24 heavy (non-hydrogen) atoms. The molecular weight excluding hydrogens is 324 g/mol. The predicted octanol–water partition coefficient (Wildman–Crippen LogP) is 3.44. The Morgan fingerprint density at radius 2 is 1.79 bits per heavy atom. The van der Waals surface area contributed by atoms with E-state index in [9.17, 15) is 4.79 Å². The van der Waals surface area contributed by atoms with E-state index in [4.69, 9.17) is 4.74 Å². The van der Waals surface area contributed by atoms with Gasteiger partial charge >= 0.3 is 0 Å². The number of hydrogen-bond acceptors (Lipinski definition) is 3. The summed E-state index contributed by atoms with van der Waals surface area (Å²) in [5.41, 5.74) is 0.714. The standard InChI is InChI=1S/C19H26N2O2.ClH/c22-19(21-16-11-14-8-9-15(12-16)20-14)13-4-3-7-18(10-13)23-17-5-1-2-6-17;/h3-4,7,10,14-17,20H,1-2,5-6,8-9,11-12H2,(H,21,22);1H. The van der Waals surface area contributed by atoms with Gasteiger partial charge in [-0.25, -0.2) is 0 Å². The number of benzene rings is 1. The van der Waals surface area contributed by atoms with Gasteiger partial charge in [-0.3, -0.25) is 4.79 Å². The lowest BCUT2D eigenvalue weighted by Crippen LogP contribution is -2.48. The maximum atomic E-state index is 12.5. The van der Waals surface area contributed by atoms with Crippen molar-refractivity contribution in [2.75, 3.05) is 0 Å². The molecule has 2 atom stereocenters. The highest BCUT2D eigenvalue weighted by molar-refractivity contribution is 5.94. The number of halogens is 1. The average Bonchev–Trinajstić information content (AvgIpc) is 3.17. The van der Waals surface area contributed by atoms with Crippen LogP contribution in [0.5, 0.6) is 5.75 Å². The van der Waals surface area contributed by atoms with E-state index in [1.165, 1.54) is 25.7 Å². The number of carbonyl (C=O) groups excluding carboxylic acids is 1. The zero-order valence-corrected chi connectivity index (χ0v) is 14.8. The molecular formula is C19H27ClN2O2. The summed E-state index contributed by atoms with van der Waals surface area (Å²) >= 11 is 0. The summed E-state index contributed by atoms with van der Waals surface area (Å²) in [5.74, 6) is 0.864. The van der Waals surface area contributed by atoms with Crippen molar-refractivity contribution in [3.05, 3.63) is 29.8 Å². The van der Waals surface area contributed by atoms with Crippen LogP contribution in [0.3, 0.4) is 0 Å². The lowest BCUT2D eigenvalue weighted by atomic mass is 9.99. The molecule has 2 bridgehead atoms. The molecule has 2 heterocycles. The number of nitrogens with one attached hydrogen (secondary N) is 2. The summed E-state index contributed by atoms with van der Waals surface area (Å²) in [6.45, 7) is 0. The van der Waals surface area contributed by atoms with E-state index in [1.54, 1.807) is 0 Å². The van der Waals surface area contributed by atoms with Crippen LogP contribution in [0.25, 0.3) is 0 Å². The Morgan fingerprint density at radius 1 is 1.08 bits per heavy atom. The van der Waals surface area contributed by atoms with Crippen LogP contribution in [0.1, 0.15) is 61.7 Å². The fourth-order valence-corrected chi connectivity index (χ4v) is 4.35. The molecule has 5 heteroatoms. The van der Waals surface area contributed by atoms with Crippen LogP contribution in [0.15, 0.2) is 24.3 Å². The number of amides is 1. The summed E-state index contributed by atoms with van der Waals surface area (Å²) < 4.78 is 6.01. The van der Waals surface area contributed by atoms with E-state index in [0.717, 1.165) is 31.4 Å². The van der Waals surface area contributed by atoms with Crippen LogP contribution in [0.2, 0.25) is 0 Å². The van der Waals surface area contributed by atoms with E-state index < -0.39 is 0 Å². The average molecular weight is 351 g/mol. The van der Waals surface area contributed by atoms with Crippen LogP contribution >= 0.6 is 12.4 Å². The molecule has 2 saturated heterocycles. The molecule has 3 fully saturated rings. The predicted molar refractivity (Wildman–Crippen MR) is 97.0 cm³/mol. The van der Waals surface area contributed by atoms with Crippen molar-refractivity contribution in [1.29, 1.82) is 0 Å². The molecule has 2 unspecified atom stereocenters. The Labute approximate surface area is 150 Å². The van der Waals surface area contributed by atoms with Crippen molar-refractivity contribution in [2.24, 2.45) is 0 Å². The molecule has 0 radical (unpaired) electrons. The Morgan fingerprint density at radius 3 is 2.50 bits per heavy atom. The van der Waals surface area contributed by atoms with Gasteiger partial charge in [0.05, 0.1) is 6.10 Å². The zero-order valence-electron chi connectivity index (χ0n) is 14.0. The fourth-order valence-electron chi connectivity index (χ4n) is 4.35. The van der Waals surface area contributed by atoms with E-state index in [2.05, 4.69) is 10.6 Å². The van der Waals surface area contributed by atoms with Crippen LogP contribution in [0.4, 0.5) is 0 Å². The second kappa shape index (κ2) is 7.75. The number of ether oxygens (including phenoxy) is 1. The maximum absolute atomic E-state index is 12.5. The Bertz CT molecular complexity index is 562. The van der Waals surface area contributed by atoms with Gasteiger partial charge in [-0.1, -0.05) is 6.07 Å². The minimum absolute atomic E-state index is 0. The summed E-state index contributed by atoms with van der Waals surface area (Å²) in [4.78, 5) is 12.5. The topological polar surface area (TPSA) is 50.4 Å². The van der Waals surface area contributed by atoms with E-state index in [0.29, 0.717) is 29.8 Å². The van der Waals surface area contributed by atoms with Gasteiger partial charge in [0.15, 0.2) is 0 Å². The highest BCUT2D eigenvalue weighted by atomic mass is 35.5. The lowest BCUT2D eigenvalue weighted by Gasteiger charge is -2.29. The molecule has 1 amide bonds. The van der Waals surface area contributed by atoms with Gasteiger partial charge in [0.25, 0.3) is 5.91 Å². The normalized spacial score (nSPS) is 29.1. The third-order valence-corrected chi connectivity index (χ3v) is 5.51. The molecule has 1 saturated carbocycles. The number of rotatable bonds is 4. The monoisotopic (exact) mass is 350 g/mol. The van der Waals surface area contributed by atoms with Gasteiger partial charge in [-0.05, 0) is 69.6 Å². The second-order valence-electron chi connectivity index (χ2n) is 7.33. The molecule has 132 valence electrons. The van der Waals surface area contributed by atoms with Gasteiger partial charge in [-0.15, -0.1) is 12.4 Å². The highest BCUT2D eigenvalue weighted by Gasteiger charge is 2.34. The van der Waals surface area contributed by atoms with Crippen molar-refractivity contribution in [3.8, 4) is 5.75 Å². The van der Waals surface area contributed by atoms with Crippen molar-refractivity contribution in [3.63, 3.8) is 0 Å². The summed E-state index contributed by atoms with van der Waals surface area (Å²) in [7, 11) is 0. The van der Waals surface area contributed by atoms with Crippen LogP contribution < -0.4 is 15.4 Å². The Hall–Kier alpha value is -1.26. The maximum Gasteiger partial charge on any atom is 0.251 e. The number of piperidine rings is 1. The van der Waals surface area contributed by atoms with Crippen LogP contribution in [0, 0.1) is 0 Å². The molecule has 1 aromatic rings. The first-order valence-electron chi connectivity index (χ1n) is 9.10. The lowest BCUT2D eigenvalue weighted by molar-refractivity contribution is 0.0923. The number of carbonyl (C=O) groups is 1.